The van der Waals surface area contributed by atoms with E-state index in [1.165, 1.54) is 23.1 Å². The van der Waals surface area contributed by atoms with E-state index in [9.17, 15) is 32.3 Å². The van der Waals surface area contributed by atoms with E-state index in [0.29, 0.717) is 23.3 Å². The molecule has 40 heavy (non-hydrogen) atoms. The molecular weight excluding hydrogens is 540 g/mol. The number of carbonyl (C=O) groups excluding carboxylic acids is 4. The summed E-state index contributed by atoms with van der Waals surface area (Å²) in [5, 5.41) is 4.19. The van der Waals surface area contributed by atoms with Crippen LogP contribution in [0.5, 0.6) is 5.75 Å². The van der Waals surface area contributed by atoms with Gasteiger partial charge in [0.1, 0.15) is 13.6 Å². The quantitative estimate of drug-likeness (QED) is 0.305. The van der Waals surface area contributed by atoms with Gasteiger partial charge in [-0.05, 0) is 55.7 Å². The van der Waals surface area contributed by atoms with Gasteiger partial charge in [0.15, 0.2) is 0 Å². The molecule has 14 heteroatoms. The van der Waals surface area contributed by atoms with Crippen LogP contribution in [0.4, 0.5) is 22.0 Å². The molecule has 1 unspecified atom stereocenters. The van der Waals surface area contributed by atoms with Gasteiger partial charge in [0.2, 0.25) is 11.8 Å². The molecule has 0 bridgehead atoms. The Balaban J connectivity index is 1.50. The van der Waals surface area contributed by atoms with Gasteiger partial charge in [-0.2, -0.15) is 22.0 Å². The van der Waals surface area contributed by atoms with Crippen LogP contribution in [-0.4, -0.2) is 47.9 Å². The van der Waals surface area contributed by atoms with Crippen LogP contribution in [0.1, 0.15) is 59.3 Å². The minimum Gasteiger partial charge on any atom is -0.491 e. The molecule has 2 aliphatic rings. The van der Waals surface area contributed by atoms with Crippen LogP contribution in [0.25, 0.3) is 0 Å². The number of amides is 4. The molecule has 1 atom stereocenters. The molecule has 4 amide bonds. The van der Waals surface area contributed by atoms with Crippen LogP contribution in [0.3, 0.4) is 0 Å². The van der Waals surface area contributed by atoms with Crippen molar-refractivity contribution < 1.29 is 45.9 Å². The number of nitrogens with zero attached hydrogens (tertiary/aromatic N) is 1. The summed E-state index contributed by atoms with van der Waals surface area (Å²) in [6.45, 7) is 2.66. The molecule has 0 aliphatic carbocycles. The van der Waals surface area contributed by atoms with E-state index in [1.54, 1.807) is 21.7 Å². The third kappa shape index (κ3) is 5.39. The van der Waals surface area contributed by atoms with E-state index in [2.05, 4.69) is 5.32 Å². The summed E-state index contributed by atoms with van der Waals surface area (Å²) < 4.78 is 76.0. The molecule has 2 aliphatic heterocycles. The molecule has 1 saturated heterocycles. The molecule has 8 nitrogen and oxygen atoms in total. The minimum atomic E-state index is -5.17. The molecule has 0 spiro atoms. The lowest BCUT2D eigenvalue weighted by atomic mass is 9.70. The Hall–Kier alpha value is -3.97. The van der Waals surface area contributed by atoms with Gasteiger partial charge in [-0.3, -0.25) is 24.5 Å². The van der Waals surface area contributed by atoms with Gasteiger partial charge < -0.3 is 15.0 Å². The predicted octanol–water partition coefficient (Wildman–Crippen LogP) is 2.62. The number of hydrogen-bond donors (Lipinski definition) is 2. The molecule has 1 fully saturated rings. The van der Waals surface area contributed by atoms with E-state index in [1.807, 2.05) is 5.32 Å². The second kappa shape index (κ2) is 10.2. The van der Waals surface area contributed by atoms with Crippen molar-refractivity contribution in [2.45, 2.75) is 63.4 Å². The average Bonchev–Trinajstić information content (AvgIpc) is 3.20. The van der Waals surface area contributed by atoms with Crippen LogP contribution in [0.15, 0.2) is 36.4 Å². The summed E-state index contributed by atoms with van der Waals surface area (Å²) in [6.07, 6.45) is -5.50. The molecule has 212 valence electrons. The summed E-state index contributed by atoms with van der Waals surface area (Å²) in [7, 11) is 1.54. The fraction of sp³-hybridized carbons (Fsp3) is 0.385. The average molecular weight is 565 g/mol. The molecule has 0 aromatic heterocycles. The number of carbonyl (C=O) groups is 4. The number of halogens is 5. The number of benzene rings is 2. The second-order valence-corrected chi connectivity index (χ2v) is 10.2. The van der Waals surface area contributed by atoms with E-state index >= 15 is 8.78 Å². The van der Waals surface area contributed by atoms with Crippen molar-refractivity contribution in [3.63, 3.8) is 0 Å². The van der Waals surface area contributed by atoms with Crippen molar-refractivity contribution in [1.82, 2.24) is 15.5 Å². The molecule has 4 rings (SSSR count). The lowest BCUT2D eigenvalue weighted by molar-refractivity contribution is -0.153. The lowest BCUT2D eigenvalue weighted by Gasteiger charge is -2.39. The van der Waals surface area contributed by atoms with Crippen molar-refractivity contribution in [2.75, 3.05) is 0 Å². The first-order chi connectivity index (χ1) is 18.5. The number of hydrogen-bond acceptors (Lipinski definition) is 5. The highest BCUT2D eigenvalue weighted by atomic mass is 19.4. The standard InChI is InChI=1S/C26H25BF5N3O5/c1-13(2)40-16-4-6-18(19(10-16)26(30,31)32)25(28,29)23(39)33-11-14-3-5-17-15(9-14)12-35(21(17)37)24(27)8-7-20(36)34-22(24)38/h3-6,9-10,13H,7-8,11-12,27H2,1-2H3,(H,33,39)(H,34,36,38). The first kappa shape index (κ1) is 29.0. The van der Waals surface area contributed by atoms with Crippen molar-refractivity contribution in [3.8, 4) is 5.75 Å². The highest BCUT2D eigenvalue weighted by Gasteiger charge is 2.49. The van der Waals surface area contributed by atoms with Crippen molar-refractivity contribution in [3.05, 3.63) is 64.2 Å². The Morgan fingerprint density at radius 3 is 2.42 bits per heavy atom. The zero-order valence-corrected chi connectivity index (χ0v) is 21.7. The van der Waals surface area contributed by atoms with Gasteiger partial charge in [-0.1, -0.05) is 12.1 Å². The molecule has 0 radical (unpaired) electrons. The number of piperidine rings is 1. The highest BCUT2D eigenvalue weighted by Crippen LogP contribution is 2.41. The fourth-order valence-electron chi connectivity index (χ4n) is 4.73. The van der Waals surface area contributed by atoms with Crippen LogP contribution < -0.4 is 15.4 Å². The summed E-state index contributed by atoms with van der Waals surface area (Å²) in [4.78, 5) is 50.8. The Morgan fingerprint density at radius 1 is 1.10 bits per heavy atom. The number of alkyl halides is 5. The van der Waals surface area contributed by atoms with Gasteiger partial charge >= 0.3 is 12.1 Å². The van der Waals surface area contributed by atoms with Gasteiger partial charge in [0.05, 0.1) is 17.1 Å². The van der Waals surface area contributed by atoms with Gasteiger partial charge in [0, 0.05) is 30.6 Å². The maximum atomic E-state index is 15.0. The van der Waals surface area contributed by atoms with Crippen molar-refractivity contribution in [2.24, 2.45) is 0 Å². The molecular formula is C26H25BF5N3O5. The van der Waals surface area contributed by atoms with E-state index in [0.717, 1.165) is 6.07 Å². The maximum absolute atomic E-state index is 15.0. The topological polar surface area (TPSA) is 105 Å². The van der Waals surface area contributed by atoms with E-state index < -0.39 is 64.9 Å². The largest absolute Gasteiger partial charge is 0.491 e. The summed E-state index contributed by atoms with van der Waals surface area (Å²) in [5.74, 6) is -8.23. The minimum absolute atomic E-state index is 0.00393. The third-order valence-corrected chi connectivity index (χ3v) is 6.90. The first-order valence-electron chi connectivity index (χ1n) is 12.4. The summed E-state index contributed by atoms with van der Waals surface area (Å²) in [5.41, 5.74) is -3.43. The summed E-state index contributed by atoms with van der Waals surface area (Å²) >= 11 is 0. The molecule has 2 aromatic carbocycles. The number of fused-ring (bicyclic) bond motifs is 1. The third-order valence-electron chi connectivity index (χ3n) is 6.90. The molecule has 2 N–H and O–H groups in total. The molecule has 2 aromatic rings. The normalized spacial score (nSPS) is 19.5. The van der Waals surface area contributed by atoms with Crippen LogP contribution in [0, 0.1) is 0 Å². The monoisotopic (exact) mass is 565 g/mol. The van der Waals surface area contributed by atoms with Crippen LogP contribution in [-0.2, 0) is 39.6 Å². The highest BCUT2D eigenvalue weighted by molar-refractivity contribution is 6.32. The smallest absolute Gasteiger partial charge is 0.417 e. The van der Waals surface area contributed by atoms with E-state index in [4.69, 9.17) is 4.74 Å². The van der Waals surface area contributed by atoms with Gasteiger partial charge in [-0.25, -0.2) is 0 Å². The number of imide groups is 1. The van der Waals surface area contributed by atoms with E-state index in [-0.39, 0.29) is 30.7 Å². The maximum Gasteiger partial charge on any atom is 0.417 e. The molecule has 2 heterocycles. The van der Waals surface area contributed by atoms with Crippen molar-refractivity contribution >= 4 is 31.5 Å². The van der Waals surface area contributed by atoms with Crippen LogP contribution in [0.2, 0.25) is 0 Å². The second-order valence-electron chi connectivity index (χ2n) is 10.2. The van der Waals surface area contributed by atoms with Crippen molar-refractivity contribution in [1.29, 1.82) is 0 Å². The van der Waals surface area contributed by atoms with Gasteiger partial charge in [-0.15, -0.1) is 0 Å². The summed E-state index contributed by atoms with van der Waals surface area (Å²) in [6, 6.07) is 6.21. The Labute approximate surface area is 226 Å². The Kier molecular flexibility index (Phi) is 7.41. The predicted molar refractivity (Wildman–Crippen MR) is 133 cm³/mol. The van der Waals surface area contributed by atoms with Gasteiger partial charge in [0.25, 0.3) is 11.8 Å². The Bertz CT molecular complexity index is 1400. The van der Waals surface area contributed by atoms with Crippen LogP contribution >= 0.6 is 0 Å². The number of nitrogens with one attached hydrogen (secondary N) is 2. The number of ether oxygens (including phenoxy) is 1. The SMILES string of the molecule is BC1(N2Cc3cc(CNC(=O)C(F)(F)c4ccc(OC(C)C)cc4C(F)(F)F)ccc3C2=O)CCC(=O)NC1=O. The fourth-order valence-corrected chi connectivity index (χ4v) is 4.73. The Morgan fingerprint density at radius 2 is 1.80 bits per heavy atom. The number of rotatable bonds is 7. The zero-order chi connectivity index (χ0) is 29.6. The first-order valence-corrected chi connectivity index (χ1v) is 12.4. The zero-order valence-electron chi connectivity index (χ0n) is 21.7. The molecule has 0 saturated carbocycles. The lowest BCUT2D eigenvalue weighted by Crippen LogP contribution is -2.63.